The Morgan fingerprint density at radius 2 is 1.71 bits per heavy atom. The molecular formula is C15H17F2N3O. The van der Waals surface area contributed by atoms with Gasteiger partial charge in [-0.05, 0) is 19.1 Å². The van der Waals surface area contributed by atoms with Crippen molar-refractivity contribution < 1.29 is 13.5 Å². The van der Waals surface area contributed by atoms with Gasteiger partial charge in [0.15, 0.2) is 23.3 Å². The highest BCUT2D eigenvalue weighted by atomic mass is 19.1. The van der Waals surface area contributed by atoms with Gasteiger partial charge in [-0.15, -0.1) is 0 Å². The first kappa shape index (κ1) is 15.0. The third kappa shape index (κ3) is 4.30. The Morgan fingerprint density at radius 1 is 1.05 bits per heavy atom. The number of benzene rings is 1. The normalized spacial score (nSPS) is 10.2. The van der Waals surface area contributed by atoms with Crippen LogP contribution in [0.25, 0.3) is 0 Å². The zero-order chi connectivity index (χ0) is 15.1. The summed E-state index contributed by atoms with van der Waals surface area (Å²) >= 11 is 0. The number of halogens is 2. The second kappa shape index (κ2) is 7.42. The zero-order valence-corrected chi connectivity index (χ0v) is 11.7. The van der Waals surface area contributed by atoms with Crippen molar-refractivity contribution in [3.8, 4) is 5.75 Å². The summed E-state index contributed by atoms with van der Waals surface area (Å²) in [5.74, 6) is -0.663. The lowest BCUT2D eigenvalue weighted by Crippen LogP contribution is -2.14. The molecule has 1 aromatic carbocycles. The Hall–Kier alpha value is -2.37. The maximum atomic E-state index is 13.6. The molecule has 2 rings (SSSR count). The lowest BCUT2D eigenvalue weighted by molar-refractivity contribution is 0.332. The minimum absolute atomic E-state index is 0.00371. The predicted octanol–water partition coefficient (Wildman–Crippen LogP) is 3.28. The molecule has 0 aliphatic heterocycles. The number of nitrogens with zero attached hydrogens (tertiary/aromatic N) is 1. The van der Waals surface area contributed by atoms with Crippen LogP contribution < -0.4 is 15.4 Å². The number of pyridine rings is 1. The fourth-order valence-electron chi connectivity index (χ4n) is 1.74. The van der Waals surface area contributed by atoms with Crippen molar-refractivity contribution in [2.24, 2.45) is 0 Å². The van der Waals surface area contributed by atoms with E-state index in [-0.39, 0.29) is 11.6 Å². The lowest BCUT2D eigenvalue weighted by atomic mass is 10.3. The molecular weight excluding hydrogens is 276 g/mol. The smallest absolute Gasteiger partial charge is 0.168 e. The predicted molar refractivity (Wildman–Crippen MR) is 78.7 cm³/mol. The minimum Gasteiger partial charge on any atom is -0.492 e. The van der Waals surface area contributed by atoms with Crippen molar-refractivity contribution in [1.29, 1.82) is 0 Å². The van der Waals surface area contributed by atoms with E-state index in [1.54, 1.807) is 0 Å². The van der Waals surface area contributed by atoms with Gasteiger partial charge < -0.3 is 15.4 Å². The van der Waals surface area contributed by atoms with E-state index in [1.165, 1.54) is 0 Å². The molecule has 0 spiro atoms. The molecule has 0 aliphatic carbocycles. The molecule has 112 valence electrons. The van der Waals surface area contributed by atoms with Crippen LogP contribution in [-0.2, 0) is 0 Å². The van der Waals surface area contributed by atoms with Crippen LogP contribution in [0.5, 0.6) is 5.75 Å². The number of hydrogen-bond acceptors (Lipinski definition) is 4. The summed E-state index contributed by atoms with van der Waals surface area (Å²) in [4.78, 5) is 3.88. The first-order valence-electron chi connectivity index (χ1n) is 6.72. The molecule has 0 saturated carbocycles. The van der Waals surface area contributed by atoms with Crippen molar-refractivity contribution >= 4 is 11.6 Å². The van der Waals surface area contributed by atoms with Crippen LogP contribution >= 0.6 is 0 Å². The van der Waals surface area contributed by atoms with E-state index in [2.05, 4.69) is 15.6 Å². The Balaban J connectivity index is 1.89. The SMILES string of the molecule is CCNc1nc(NCCOc2ccccc2)c(F)cc1F. The summed E-state index contributed by atoms with van der Waals surface area (Å²) in [5.41, 5.74) is 0. The van der Waals surface area contributed by atoms with E-state index in [9.17, 15) is 8.78 Å². The van der Waals surface area contributed by atoms with Gasteiger partial charge in [-0.25, -0.2) is 13.8 Å². The number of ether oxygens (including phenoxy) is 1. The van der Waals surface area contributed by atoms with Crippen LogP contribution in [0, 0.1) is 11.6 Å². The molecule has 0 atom stereocenters. The van der Waals surface area contributed by atoms with Gasteiger partial charge >= 0.3 is 0 Å². The number of aromatic nitrogens is 1. The maximum absolute atomic E-state index is 13.6. The Bertz CT molecular complexity index is 579. The molecule has 0 bridgehead atoms. The molecule has 2 N–H and O–H groups in total. The third-order valence-corrected chi connectivity index (χ3v) is 2.68. The molecule has 0 amide bonds. The topological polar surface area (TPSA) is 46.2 Å². The summed E-state index contributed by atoms with van der Waals surface area (Å²) in [5, 5.41) is 5.53. The highest BCUT2D eigenvalue weighted by Crippen LogP contribution is 2.18. The van der Waals surface area contributed by atoms with Crippen LogP contribution in [0.3, 0.4) is 0 Å². The van der Waals surface area contributed by atoms with Crippen LogP contribution in [-0.4, -0.2) is 24.7 Å². The number of para-hydroxylation sites is 1. The van der Waals surface area contributed by atoms with Gasteiger partial charge in [0.2, 0.25) is 0 Å². The minimum atomic E-state index is -0.728. The number of nitrogens with one attached hydrogen (secondary N) is 2. The van der Waals surface area contributed by atoms with Crippen molar-refractivity contribution in [1.82, 2.24) is 4.98 Å². The first-order valence-corrected chi connectivity index (χ1v) is 6.72. The molecule has 1 aromatic heterocycles. The number of anilines is 2. The molecule has 0 fully saturated rings. The number of hydrogen-bond donors (Lipinski definition) is 2. The van der Waals surface area contributed by atoms with Gasteiger partial charge in [-0.1, -0.05) is 18.2 Å². The summed E-state index contributed by atoms with van der Waals surface area (Å²) in [7, 11) is 0. The fraction of sp³-hybridized carbons (Fsp3) is 0.267. The van der Waals surface area contributed by atoms with Gasteiger partial charge in [0.1, 0.15) is 12.4 Å². The van der Waals surface area contributed by atoms with E-state index in [1.807, 2.05) is 37.3 Å². The average molecular weight is 293 g/mol. The summed E-state index contributed by atoms with van der Waals surface area (Å²) in [6.07, 6.45) is 0. The van der Waals surface area contributed by atoms with Gasteiger partial charge in [-0.3, -0.25) is 0 Å². The second-order valence-electron chi connectivity index (χ2n) is 4.27. The molecule has 6 heteroatoms. The first-order chi connectivity index (χ1) is 10.2. The van der Waals surface area contributed by atoms with Crippen molar-refractivity contribution in [2.45, 2.75) is 6.92 Å². The standard InChI is InChI=1S/C15H17F2N3O/c1-2-18-14-12(16)10-13(17)15(20-14)19-8-9-21-11-6-4-3-5-7-11/h3-7,10H,2,8-9H2,1H3,(H2,18,19,20). The highest BCUT2D eigenvalue weighted by Gasteiger charge is 2.10. The Morgan fingerprint density at radius 3 is 2.38 bits per heavy atom. The van der Waals surface area contributed by atoms with E-state index < -0.39 is 11.6 Å². The highest BCUT2D eigenvalue weighted by molar-refractivity contribution is 5.47. The summed E-state index contributed by atoms with van der Waals surface area (Å²) in [6, 6.07) is 10.1. The van der Waals surface area contributed by atoms with Gasteiger partial charge in [-0.2, -0.15) is 0 Å². The molecule has 0 saturated heterocycles. The fourth-order valence-corrected chi connectivity index (χ4v) is 1.74. The van der Waals surface area contributed by atoms with E-state index in [4.69, 9.17) is 4.74 Å². The molecule has 0 unspecified atom stereocenters. The van der Waals surface area contributed by atoms with Crippen LogP contribution in [0.2, 0.25) is 0 Å². The summed E-state index contributed by atoms with van der Waals surface area (Å²) < 4.78 is 32.5. The van der Waals surface area contributed by atoms with Crippen LogP contribution in [0.1, 0.15) is 6.92 Å². The lowest BCUT2D eigenvalue weighted by Gasteiger charge is -2.11. The maximum Gasteiger partial charge on any atom is 0.168 e. The van der Waals surface area contributed by atoms with Crippen LogP contribution in [0.15, 0.2) is 36.4 Å². The average Bonchev–Trinajstić information content (AvgIpc) is 2.49. The molecule has 4 nitrogen and oxygen atoms in total. The van der Waals surface area contributed by atoms with E-state index in [0.29, 0.717) is 19.7 Å². The molecule has 21 heavy (non-hydrogen) atoms. The van der Waals surface area contributed by atoms with Gasteiger partial charge in [0.25, 0.3) is 0 Å². The largest absolute Gasteiger partial charge is 0.492 e. The van der Waals surface area contributed by atoms with Crippen molar-refractivity contribution in [2.75, 3.05) is 30.3 Å². The monoisotopic (exact) mass is 293 g/mol. The summed E-state index contributed by atoms with van der Waals surface area (Å²) in [6.45, 7) is 3.02. The third-order valence-electron chi connectivity index (χ3n) is 2.68. The van der Waals surface area contributed by atoms with Crippen LogP contribution in [0.4, 0.5) is 20.4 Å². The Labute approximate surface area is 122 Å². The molecule has 0 radical (unpaired) electrons. The Kier molecular flexibility index (Phi) is 5.31. The van der Waals surface area contributed by atoms with Gasteiger partial charge in [0, 0.05) is 12.6 Å². The van der Waals surface area contributed by atoms with Crippen molar-refractivity contribution in [3.63, 3.8) is 0 Å². The molecule has 1 heterocycles. The quantitative estimate of drug-likeness (QED) is 0.769. The van der Waals surface area contributed by atoms with Gasteiger partial charge in [0.05, 0.1) is 6.54 Å². The number of rotatable bonds is 7. The zero-order valence-electron chi connectivity index (χ0n) is 11.7. The molecule has 2 aromatic rings. The van der Waals surface area contributed by atoms with Crippen molar-refractivity contribution in [3.05, 3.63) is 48.0 Å². The van der Waals surface area contributed by atoms with E-state index >= 15 is 0 Å². The second-order valence-corrected chi connectivity index (χ2v) is 4.27. The van der Waals surface area contributed by atoms with E-state index in [0.717, 1.165) is 11.8 Å². The molecule has 0 aliphatic rings.